The van der Waals surface area contributed by atoms with Crippen LogP contribution in [0.1, 0.15) is 6.42 Å². The lowest BCUT2D eigenvalue weighted by atomic mass is 10.1. The molecule has 1 heterocycles. The first-order valence-electron chi connectivity index (χ1n) is 5.44. The first-order chi connectivity index (χ1) is 8.16. The van der Waals surface area contributed by atoms with Gasteiger partial charge in [-0.3, -0.25) is 10.1 Å². The minimum Gasteiger partial charge on any atom is -0.492 e. The van der Waals surface area contributed by atoms with Crippen LogP contribution in [0, 0.1) is 16.0 Å². The molecule has 1 unspecified atom stereocenters. The molecule has 1 fully saturated rings. The van der Waals surface area contributed by atoms with E-state index in [0.717, 1.165) is 19.5 Å². The molecular weight excluding hydrogens is 244 g/mol. The van der Waals surface area contributed by atoms with Gasteiger partial charge in [0, 0.05) is 24.6 Å². The molecule has 1 atom stereocenters. The van der Waals surface area contributed by atoms with Crippen LogP contribution in [-0.4, -0.2) is 24.6 Å². The van der Waals surface area contributed by atoms with Crippen molar-refractivity contribution < 1.29 is 9.66 Å². The molecule has 5 nitrogen and oxygen atoms in total. The molecule has 1 aliphatic rings. The first-order valence-corrected chi connectivity index (χ1v) is 5.82. The number of nitrogens with one attached hydrogen (secondary N) is 1. The Bertz CT molecular complexity index is 419. The maximum absolute atomic E-state index is 10.5. The average Bonchev–Trinajstić information content (AvgIpc) is 2.80. The number of nitro benzene ring substituents is 1. The van der Waals surface area contributed by atoms with Gasteiger partial charge in [0.25, 0.3) is 5.69 Å². The van der Waals surface area contributed by atoms with Crippen molar-refractivity contribution in [1.82, 2.24) is 5.32 Å². The standard InChI is InChI=1S/C11H13ClN2O3/c12-10-5-9(14(15)16)1-2-11(10)17-7-8-3-4-13-6-8/h1-2,5,8,13H,3-4,6-7H2. The molecule has 17 heavy (non-hydrogen) atoms. The molecule has 0 aromatic heterocycles. The SMILES string of the molecule is O=[N+]([O-])c1ccc(OCC2CCNC2)c(Cl)c1. The highest BCUT2D eigenvalue weighted by molar-refractivity contribution is 6.32. The van der Waals surface area contributed by atoms with Gasteiger partial charge in [-0.2, -0.15) is 0 Å². The normalized spacial score (nSPS) is 19.2. The number of halogens is 1. The van der Waals surface area contributed by atoms with Crippen molar-refractivity contribution in [2.75, 3.05) is 19.7 Å². The van der Waals surface area contributed by atoms with Crippen LogP contribution in [0.4, 0.5) is 5.69 Å². The Hall–Kier alpha value is -1.33. The molecule has 1 aromatic carbocycles. The highest BCUT2D eigenvalue weighted by Crippen LogP contribution is 2.29. The van der Waals surface area contributed by atoms with Crippen LogP contribution in [-0.2, 0) is 0 Å². The van der Waals surface area contributed by atoms with Gasteiger partial charge in [0.05, 0.1) is 16.6 Å². The van der Waals surface area contributed by atoms with Crippen LogP contribution in [0.5, 0.6) is 5.75 Å². The van der Waals surface area contributed by atoms with Crippen molar-refractivity contribution >= 4 is 17.3 Å². The van der Waals surface area contributed by atoms with Gasteiger partial charge in [-0.05, 0) is 19.0 Å². The minimum atomic E-state index is -0.476. The molecule has 0 bridgehead atoms. The van der Waals surface area contributed by atoms with Crippen LogP contribution in [0.15, 0.2) is 18.2 Å². The van der Waals surface area contributed by atoms with E-state index in [0.29, 0.717) is 18.3 Å². The predicted octanol–water partition coefficient (Wildman–Crippen LogP) is 2.24. The van der Waals surface area contributed by atoms with Crippen LogP contribution in [0.2, 0.25) is 5.02 Å². The molecular formula is C11H13ClN2O3. The summed E-state index contributed by atoms with van der Waals surface area (Å²) < 4.78 is 5.56. The Balaban J connectivity index is 1.98. The highest BCUT2D eigenvalue weighted by atomic mass is 35.5. The van der Waals surface area contributed by atoms with Crippen LogP contribution in [0.25, 0.3) is 0 Å². The van der Waals surface area contributed by atoms with Crippen molar-refractivity contribution in [3.05, 3.63) is 33.3 Å². The average molecular weight is 257 g/mol. The van der Waals surface area contributed by atoms with Crippen molar-refractivity contribution in [1.29, 1.82) is 0 Å². The van der Waals surface area contributed by atoms with E-state index >= 15 is 0 Å². The van der Waals surface area contributed by atoms with Gasteiger partial charge in [0.1, 0.15) is 5.75 Å². The summed E-state index contributed by atoms with van der Waals surface area (Å²) in [5.74, 6) is 0.991. The smallest absolute Gasteiger partial charge is 0.271 e. The largest absolute Gasteiger partial charge is 0.492 e. The summed E-state index contributed by atoms with van der Waals surface area (Å²) in [6.45, 7) is 2.55. The van der Waals surface area contributed by atoms with Crippen molar-refractivity contribution in [2.24, 2.45) is 5.92 Å². The molecule has 0 amide bonds. The Morgan fingerprint density at radius 2 is 2.41 bits per heavy atom. The maximum atomic E-state index is 10.5. The van der Waals surface area contributed by atoms with E-state index in [1.807, 2.05) is 0 Å². The van der Waals surface area contributed by atoms with Gasteiger partial charge in [-0.25, -0.2) is 0 Å². The molecule has 2 rings (SSSR count). The van der Waals surface area contributed by atoms with E-state index in [9.17, 15) is 10.1 Å². The van der Waals surface area contributed by atoms with E-state index in [-0.39, 0.29) is 10.7 Å². The number of benzene rings is 1. The van der Waals surface area contributed by atoms with E-state index in [2.05, 4.69) is 5.32 Å². The Morgan fingerprint density at radius 3 is 3.00 bits per heavy atom. The lowest BCUT2D eigenvalue weighted by molar-refractivity contribution is -0.384. The molecule has 92 valence electrons. The number of ether oxygens (including phenoxy) is 1. The highest BCUT2D eigenvalue weighted by Gasteiger charge is 2.16. The first kappa shape index (κ1) is 12.1. The second-order valence-corrected chi connectivity index (χ2v) is 4.45. The van der Waals surface area contributed by atoms with E-state index in [4.69, 9.17) is 16.3 Å². The third-order valence-electron chi connectivity index (χ3n) is 2.76. The molecule has 1 aromatic rings. The summed E-state index contributed by atoms with van der Waals surface area (Å²) in [4.78, 5) is 10.1. The molecule has 0 spiro atoms. The summed E-state index contributed by atoms with van der Waals surface area (Å²) >= 11 is 5.91. The van der Waals surface area contributed by atoms with Crippen LogP contribution < -0.4 is 10.1 Å². The fraction of sp³-hybridized carbons (Fsp3) is 0.455. The zero-order chi connectivity index (χ0) is 12.3. The van der Waals surface area contributed by atoms with Crippen molar-refractivity contribution in [3.8, 4) is 5.75 Å². The Kier molecular flexibility index (Phi) is 3.81. The summed E-state index contributed by atoms with van der Waals surface area (Å²) in [6, 6.07) is 4.25. The molecule has 6 heteroatoms. The number of nitro groups is 1. The van der Waals surface area contributed by atoms with Crippen molar-refractivity contribution in [2.45, 2.75) is 6.42 Å². The van der Waals surface area contributed by atoms with Gasteiger partial charge in [0.15, 0.2) is 0 Å². The number of hydrogen-bond donors (Lipinski definition) is 1. The second kappa shape index (κ2) is 5.33. The van der Waals surface area contributed by atoms with E-state index in [1.165, 1.54) is 12.1 Å². The molecule has 0 aliphatic carbocycles. The van der Waals surface area contributed by atoms with Crippen LogP contribution in [0.3, 0.4) is 0 Å². The molecule has 1 aliphatic heterocycles. The Morgan fingerprint density at radius 1 is 1.59 bits per heavy atom. The summed E-state index contributed by atoms with van der Waals surface area (Å²) in [5.41, 5.74) is -0.0233. The third kappa shape index (κ3) is 3.08. The zero-order valence-corrected chi connectivity index (χ0v) is 9.94. The quantitative estimate of drug-likeness (QED) is 0.663. The van der Waals surface area contributed by atoms with Crippen molar-refractivity contribution in [3.63, 3.8) is 0 Å². The van der Waals surface area contributed by atoms with E-state index in [1.54, 1.807) is 6.07 Å². The van der Waals surface area contributed by atoms with Gasteiger partial charge in [0.2, 0.25) is 0 Å². The lowest BCUT2D eigenvalue weighted by Crippen LogP contribution is -2.15. The minimum absolute atomic E-state index is 0.0233. The molecule has 1 saturated heterocycles. The summed E-state index contributed by atoms with van der Waals surface area (Å²) in [7, 11) is 0. The molecule has 0 saturated carbocycles. The van der Waals surface area contributed by atoms with Gasteiger partial charge in [-0.15, -0.1) is 0 Å². The monoisotopic (exact) mass is 256 g/mol. The third-order valence-corrected chi connectivity index (χ3v) is 3.06. The molecule has 0 radical (unpaired) electrons. The number of hydrogen-bond acceptors (Lipinski definition) is 4. The maximum Gasteiger partial charge on any atom is 0.271 e. The zero-order valence-electron chi connectivity index (χ0n) is 9.19. The van der Waals surface area contributed by atoms with Gasteiger partial charge >= 0.3 is 0 Å². The summed E-state index contributed by atoms with van der Waals surface area (Å²) in [5, 5.41) is 14.1. The number of non-ortho nitro benzene ring substituents is 1. The molecule has 1 N–H and O–H groups in total. The lowest BCUT2D eigenvalue weighted by Gasteiger charge is -2.11. The fourth-order valence-electron chi connectivity index (χ4n) is 1.78. The van der Waals surface area contributed by atoms with Gasteiger partial charge in [-0.1, -0.05) is 11.6 Å². The Labute approximate surface area is 104 Å². The van der Waals surface area contributed by atoms with Crippen LogP contribution >= 0.6 is 11.6 Å². The fourth-order valence-corrected chi connectivity index (χ4v) is 2.01. The number of nitrogens with zero attached hydrogens (tertiary/aromatic N) is 1. The summed E-state index contributed by atoms with van der Waals surface area (Å²) in [6.07, 6.45) is 1.09. The number of rotatable bonds is 4. The second-order valence-electron chi connectivity index (χ2n) is 4.04. The topological polar surface area (TPSA) is 64.4 Å². The van der Waals surface area contributed by atoms with Gasteiger partial charge < -0.3 is 10.1 Å². The predicted molar refractivity (Wildman–Crippen MR) is 64.6 cm³/mol. The van der Waals surface area contributed by atoms with E-state index < -0.39 is 4.92 Å².